The standard InChI is InChI=1S/C30H32FN5OS2/c1-35(2)14-7-12-27(38)36-15-13-24-26(17-36)39-30-28(24)29(32-20-33-30)34-25(22-9-4-3-5-10-22)19-37-18-21-8-6-11-23(31)16-21/h3-12,16,20,25H,13-15,17-19H2,1-2H3,(H,32,33,34)/p+1/b12-7+. The number of nitrogens with zero attached hydrogens (tertiary/aromatic N) is 4. The minimum atomic E-state index is -0.253. The lowest BCUT2D eigenvalue weighted by Gasteiger charge is -2.28. The fraction of sp³-hybridized carbons (Fsp3) is 0.300. The molecule has 39 heavy (non-hydrogen) atoms. The van der Waals surface area contributed by atoms with Crippen LogP contribution in [0.25, 0.3) is 10.2 Å². The van der Waals surface area contributed by atoms with E-state index in [1.807, 2.05) is 44.4 Å². The van der Waals surface area contributed by atoms with Crippen molar-refractivity contribution in [3.63, 3.8) is 0 Å². The number of halogens is 1. The average Bonchev–Trinajstić information content (AvgIpc) is 3.31. The summed E-state index contributed by atoms with van der Waals surface area (Å²) in [6.45, 7) is 3.34. The molecule has 1 unspecified atom stereocenters. The highest BCUT2D eigenvalue weighted by Gasteiger charge is 2.27. The third-order valence-electron chi connectivity index (χ3n) is 6.75. The Morgan fingerprint density at radius 1 is 1.21 bits per heavy atom. The zero-order chi connectivity index (χ0) is 27.2. The number of thiophene rings is 1. The van der Waals surface area contributed by atoms with Crippen LogP contribution in [0.15, 0.2) is 73.1 Å². The molecule has 2 N–H and O–H groups in total. The summed E-state index contributed by atoms with van der Waals surface area (Å²) < 4.78 is 19.7. The van der Waals surface area contributed by atoms with Crippen LogP contribution < -0.4 is 5.32 Å². The number of hydrogen-bond acceptors (Lipinski definition) is 6. The normalized spacial score (nSPS) is 14.3. The number of rotatable bonds is 10. The summed E-state index contributed by atoms with van der Waals surface area (Å²) in [6.07, 6.45) is 6.71. The van der Waals surface area contributed by atoms with Crippen molar-refractivity contribution in [2.24, 2.45) is 0 Å². The Hall–Kier alpha value is -3.08. The van der Waals surface area contributed by atoms with Crippen molar-refractivity contribution in [2.75, 3.05) is 33.8 Å². The smallest absolute Gasteiger partial charge is 0.237 e. The van der Waals surface area contributed by atoms with Crippen molar-refractivity contribution in [1.29, 1.82) is 0 Å². The molecule has 9 heteroatoms. The molecule has 0 spiro atoms. The number of ether oxygens (including phenoxy) is 1. The molecule has 0 fully saturated rings. The second kappa shape index (κ2) is 12.8. The van der Waals surface area contributed by atoms with Gasteiger partial charge in [0.15, 0.2) is 0 Å². The zero-order valence-electron chi connectivity index (χ0n) is 22.2. The predicted octanol–water partition coefficient (Wildman–Crippen LogP) is 4.79. The maximum atomic E-state index is 13.6. The van der Waals surface area contributed by atoms with E-state index < -0.39 is 0 Å². The van der Waals surface area contributed by atoms with E-state index in [1.54, 1.807) is 23.7 Å². The van der Waals surface area contributed by atoms with Crippen LogP contribution in [0.2, 0.25) is 0 Å². The molecule has 2 aromatic heterocycles. The number of nitrogens with two attached hydrogens (primary N) is 1. The number of aromatic nitrogens is 2. The maximum Gasteiger partial charge on any atom is 0.237 e. The van der Waals surface area contributed by atoms with Crippen LogP contribution >= 0.6 is 23.6 Å². The highest BCUT2D eigenvalue weighted by molar-refractivity contribution is 7.80. The molecule has 0 saturated carbocycles. The number of thiocarbonyl (C=S) groups is 1. The molecule has 0 aliphatic carbocycles. The molecule has 5 rings (SSSR count). The molecule has 3 heterocycles. The molecular formula is C30H33FN5OS2+. The fourth-order valence-electron chi connectivity index (χ4n) is 4.80. The van der Waals surface area contributed by atoms with E-state index in [4.69, 9.17) is 21.9 Å². The third-order valence-corrected chi connectivity index (χ3v) is 8.27. The van der Waals surface area contributed by atoms with Crippen LogP contribution in [0.1, 0.15) is 27.6 Å². The van der Waals surface area contributed by atoms with Gasteiger partial charge in [0.2, 0.25) is 5.82 Å². The van der Waals surface area contributed by atoms with Gasteiger partial charge in [-0.15, -0.1) is 11.3 Å². The van der Waals surface area contributed by atoms with Crippen molar-refractivity contribution in [3.8, 4) is 0 Å². The second-order valence-electron chi connectivity index (χ2n) is 9.95. The number of benzene rings is 2. The number of likely N-dealkylation sites (N-methyl/N-ethyl adjacent to an activating group) is 1. The van der Waals surface area contributed by atoms with Crippen LogP contribution in [-0.4, -0.2) is 58.5 Å². The van der Waals surface area contributed by atoms with E-state index in [9.17, 15) is 4.39 Å². The van der Waals surface area contributed by atoms with Gasteiger partial charge in [0.05, 0.1) is 18.5 Å². The SMILES string of the molecule is CN(C)C/C=C/C(=S)N1CCc2c(sc3ncnc([NH2+]C(COCc4cccc(F)c4)c4ccccc4)c23)C1. The Bertz CT molecular complexity index is 1460. The molecule has 0 saturated heterocycles. The topological polar surface area (TPSA) is 58.1 Å². The average molecular weight is 563 g/mol. The van der Waals surface area contributed by atoms with E-state index >= 15 is 0 Å². The number of fused-ring (bicyclic) bond motifs is 3. The summed E-state index contributed by atoms with van der Waals surface area (Å²) in [5, 5.41) is 3.33. The molecular weight excluding hydrogens is 529 g/mol. The van der Waals surface area contributed by atoms with Gasteiger partial charge in [0, 0.05) is 23.5 Å². The predicted molar refractivity (Wildman–Crippen MR) is 159 cm³/mol. The molecule has 1 aliphatic heterocycles. The van der Waals surface area contributed by atoms with Crippen LogP contribution in [0, 0.1) is 5.82 Å². The number of quaternary nitrogens is 1. The highest BCUT2D eigenvalue weighted by atomic mass is 32.1. The molecule has 6 nitrogen and oxygen atoms in total. The van der Waals surface area contributed by atoms with Crippen LogP contribution in [0.4, 0.5) is 10.2 Å². The lowest BCUT2D eigenvalue weighted by atomic mass is 10.0. The minimum Gasteiger partial charge on any atom is -0.370 e. The first-order chi connectivity index (χ1) is 19.0. The molecule has 2 aromatic carbocycles. The minimum absolute atomic E-state index is 0.0112. The van der Waals surface area contributed by atoms with Gasteiger partial charge in [-0.2, -0.15) is 4.98 Å². The monoisotopic (exact) mass is 562 g/mol. The van der Waals surface area contributed by atoms with Crippen LogP contribution in [0.5, 0.6) is 0 Å². The molecule has 4 aromatic rings. The Labute approximate surface area is 238 Å². The molecule has 1 aliphatic rings. The van der Waals surface area contributed by atoms with Gasteiger partial charge in [-0.25, -0.2) is 9.37 Å². The van der Waals surface area contributed by atoms with Crippen LogP contribution in [-0.2, 0) is 24.3 Å². The van der Waals surface area contributed by atoms with Crippen LogP contribution in [0.3, 0.4) is 0 Å². The van der Waals surface area contributed by atoms with Gasteiger partial charge in [-0.05, 0) is 49.9 Å². The van der Waals surface area contributed by atoms with Gasteiger partial charge in [-0.1, -0.05) is 60.8 Å². The van der Waals surface area contributed by atoms with Crippen molar-refractivity contribution in [3.05, 3.63) is 100 Å². The highest BCUT2D eigenvalue weighted by Crippen LogP contribution is 2.36. The number of hydrogen-bond donors (Lipinski definition) is 1. The molecule has 1 atom stereocenters. The fourth-order valence-corrected chi connectivity index (χ4v) is 6.26. The Morgan fingerprint density at radius 3 is 2.85 bits per heavy atom. The zero-order valence-corrected chi connectivity index (χ0v) is 23.9. The molecule has 0 bridgehead atoms. The summed E-state index contributed by atoms with van der Waals surface area (Å²) in [5.41, 5.74) is 3.29. The Morgan fingerprint density at radius 2 is 2.05 bits per heavy atom. The van der Waals surface area contributed by atoms with Crippen molar-refractivity contribution in [2.45, 2.75) is 25.6 Å². The van der Waals surface area contributed by atoms with Crippen molar-refractivity contribution in [1.82, 2.24) is 19.8 Å². The van der Waals surface area contributed by atoms with E-state index in [0.717, 1.165) is 58.2 Å². The summed E-state index contributed by atoms with van der Waals surface area (Å²) in [7, 11) is 4.10. The van der Waals surface area contributed by atoms with Crippen molar-refractivity contribution < 1.29 is 14.4 Å². The van der Waals surface area contributed by atoms with Gasteiger partial charge in [0.1, 0.15) is 34.6 Å². The maximum absolute atomic E-state index is 13.6. The van der Waals surface area contributed by atoms with E-state index in [0.29, 0.717) is 13.2 Å². The van der Waals surface area contributed by atoms with E-state index in [2.05, 4.69) is 38.3 Å². The first-order valence-electron chi connectivity index (χ1n) is 13.1. The lowest BCUT2D eigenvalue weighted by molar-refractivity contribution is -0.623. The molecule has 0 amide bonds. The summed E-state index contributed by atoms with van der Waals surface area (Å²) >= 11 is 7.44. The lowest BCUT2D eigenvalue weighted by Crippen LogP contribution is -2.81. The quantitative estimate of drug-likeness (QED) is 0.222. The summed E-state index contributed by atoms with van der Waals surface area (Å²) in [5.74, 6) is 0.680. The Balaban J connectivity index is 1.35. The summed E-state index contributed by atoms with van der Waals surface area (Å²) in [4.78, 5) is 16.9. The molecule has 0 radical (unpaired) electrons. The van der Waals surface area contributed by atoms with E-state index in [-0.39, 0.29) is 11.9 Å². The Kier molecular flexibility index (Phi) is 9.06. The van der Waals surface area contributed by atoms with Gasteiger partial charge >= 0.3 is 0 Å². The molecule has 202 valence electrons. The third kappa shape index (κ3) is 6.93. The second-order valence-corrected chi connectivity index (χ2v) is 11.4. The van der Waals surface area contributed by atoms with Gasteiger partial charge in [-0.3, -0.25) is 5.32 Å². The largest absolute Gasteiger partial charge is 0.370 e. The first-order valence-corrected chi connectivity index (χ1v) is 14.3. The van der Waals surface area contributed by atoms with Gasteiger partial charge < -0.3 is 14.5 Å². The summed E-state index contributed by atoms with van der Waals surface area (Å²) in [6, 6.07) is 16.8. The van der Waals surface area contributed by atoms with E-state index in [1.165, 1.54) is 22.6 Å². The van der Waals surface area contributed by atoms with Gasteiger partial charge in [0.25, 0.3) is 0 Å². The van der Waals surface area contributed by atoms with Crippen molar-refractivity contribution >= 4 is 44.6 Å². The first kappa shape index (κ1) is 27.5.